The highest BCUT2D eigenvalue weighted by molar-refractivity contribution is 7.15. The second-order valence-corrected chi connectivity index (χ2v) is 11.5. The second kappa shape index (κ2) is 9.95. The minimum absolute atomic E-state index is 0.0535. The fourth-order valence-corrected chi connectivity index (χ4v) is 6.65. The lowest BCUT2D eigenvalue weighted by atomic mass is 10.0. The summed E-state index contributed by atoms with van der Waals surface area (Å²) in [7, 11) is 1.97. The number of likely N-dealkylation sites (tertiary alicyclic amines) is 1. The van der Waals surface area contributed by atoms with Gasteiger partial charge < -0.3 is 14.8 Å². The first-order chi connectivity index (χ1) is 18.0. The number of nitrogens with one attached hydrogen (secondary N) is 1. The molecule has 2 aromatic carbocycles. The summed E-state index contributed by atoms with van der Waals surface area (Å²) in [6.07, 6.45) is 7.05. The van der Waals surface area contributed by atoms with Gasteiger partial charge in [-0.05, 0) is 68.0 Å². The molecule has 8 heteroatoms. The molecule has 2 aliphatic rings. The predicted molar refractivity (Wildman–Crippen MR) is 148 cm³/mol. The predicted octanol–water partition coefficient (Wildman–Crippen LogP) is 6.26. The summed E-state index contributed by atoms with van der Waals surface area (Å²) in [5.41, 5.74) is 3.12. The van der Waals surface area contributed by atoms with Gasteiger partial charge in [-0.2, -0.15) is 0 Å². The number of aryl methyl sites for hydroxylation is 1. The van der Waals surface area contributed by atoms with Gasteiger partial charge in [0.1, 0.15) is 5.69 Å². The molecule has 2 fully saturated rings. The maximum absolute atomic E-state index is 14.0. The van der Waals surface area contributed by atoms with Crippen LogP contribution in [0.25, 0.3) is 21.3 Å². The number of nitrogens with zero attached hydrogens (tertiary/aromatic N) is 3. The molecule has 37 heavy (non-hydrogen) atoms. The smallest absolute Gasteiger partial charge is 0.274 e. The van der Waals surface area contributed by atoms with Crippen molar-refractivity contribution in [2.24, 2.45) is 7.05 Å². The van der Waals surface area contributed by atoms with Crippen LogP contribution in [0.2, 0.25) is 5.02 Å². The molecule has 0 spiro atoms. The largest absolute Gasteiger partial charge is 0.351 e. The Balaban J connectivity index is 1.24. The molecule has 2 amide bonds. The van der Waals surface area contributed by atoms with Gasteiger partial charge in [0.05, 0.1) is 9.88 Å². The number of fused-ring (bicyclic) bond motifs is 1. The Morgan fingerprint density at radius 2 is 1.95 bits per heavy atom. The van der Waals surface area contributed by atoms with Gasteiger partial charge in [-0.25, -0.2) is 4.98 Å². The Bertz CT molecular complexity index is 1490. The third-order valence-electron chi connectivity index (χ3n) is 7.42. The van der Waals surface area contributed by atoms with Crippen LogP contribution >= 0.6 is 22.9 Å². The van der Waals surface area contributed by atoms with E-state index in [1.165, 1.54) is 0 Å². The molecule has 0 radical (unpaired) electrons. The van der Waals surface area contributed by atoms with Gasteiger partial charge in [0.15, 0.2) is 0 Å². The number of carbonyl (C=O) groups is 2. The number of aromatic nitrogens is 2. The molecule has 3 heterocycles. The van der Waals surface area contributed by atoms with Crippen molar-refractivity contribution in [2.45, 2.75) is 44.1 Å². The molecule has 1 aliphatic carbocycles. The third-order valence-corrected chi connectivity index (χ3v) is 8.92. The molecule has 6 rings (SSSR count). The molecule has 1 aliphatic heterocycles. The number of amides is 2. The summed E-state index contributed by atoms with van der Waals surface area (Å²) in [4.78, 5) is 34.8. The van der Waals surface area contributed by atoms with Crippen molar-refractivity contribution < 1.29 is 9.59 Å². The highest BCUT2D eigenvalue weighted by Gasteiger charge is 2.34. The van der Waals surface area contributed by atoms with E-state index in [4.69, 9.17) is 16.6 Å². The van der Waals surface area contributed by atoms with Gasteiger partial charge in [-0.1, -0.05) is 29.8 Å². The monoisotopic (exact) mass is 532 g/mol. The summed E-state index contributed by atoms with van der Waals surface area (Å²) in [5, 5.41) is 5.73. The Morgan fingerprint density at radius 3 is 2.76 bits per heavy atom. The van der Waals surface area contributed by atoms with E-state index in [1.807, 2.05) is 71.2 Å². The van der Waals surface area contributed by atoms with Crippen LogP contribution in [0.5, 0.6) is 0 Å². The molecule has 1 saturated carbocycles. The van der Waals surface area contributed by atoms with Gasteiger partial charge in [-0.15, -0.1) is 11.3 Å². The van der Waals surface area contributed by atoms with E-state index in [1.54, 1.807) is 11.3 Å². The van der Waals surface area contributed by atoms with Crippen molar-refractivity contribution in [2.75, 3.05) is 13.1 Å². The van der Waals surface area contributed by atoms with Crippen molar-refractivity contribution in [3.8, 4) is 10.4 Å². The molecular formula is C29H29ClN4O2S. The fourth-order valence-electron chi connectivity index (χ4n) is 5.23. The van der Waals surface area contributed by atoms with Crippen LogP contribution in [0, 0.1) is 0 Å². The lowest BCUT2D eigenvalue weighted by Crippen LogP contribution is -2.49. The fraction of sp³-hybridized carbons (Fsp3) is 0.345. The van der Waals surface area contributed by atoms with Crippen LogP contribution in [-0.4, -0.2) is 45.4 Å². The Hall–Kier alpha value is -3.16. The van der Waals surface area contributed by atoms with Crippen molar-refractivity contribution in [3.05, 3.63) is 76.0 Å². The van der Waals surface area contributed by atoms with Crippen molar-refractivity contribution >= 4 is 45.7 Å². The topological polar surface area (TPSA) is 67.2 Å². The van der Waals surface area contributed by atoms with Crippen molar-refractivity contribution in [1.29, 1.82) is 0 Å². The SMILES string of the molecule is Cn1ccc2c(C(=O)NC[C@@H]3CCCCN3C(=O)c3nc(C4CC4)sc3-c3cccc(Cl)c3)cccc21. The zero-order chi connectivity index (χ0) is 25.5. The van der Waals surface area contributed by atoms with Crippen LogP contribution in [0.1, 0.15) is 63.9 Å². The van der Waals surface area contributed by atoms with E-state index in [2.05, 4.69) is 5.32 Å². The normalized spacial score (nSPS) is 17.8. The average Bonchev–Trinajstić information content (AvgIpc) is 3.56. The lowest BCUT2D eigenvalue weighted by molar-refractivity contribution is 0.0598. The number of benzene rings is 2. The molecular weight excluding hydrogens is 504 g/mol. The van der Waals surface area contributed by atoms with Crippen molar-refractivity contribution in [1.82, 2.24) is 19.8 Å². The van der Waals surface area contributed by atoms with E-state index in [0.717, 1.165) is 58.5 Å². The number of piperidine rings is 1. The highest BCUT2D eigenvalue weighted by atomic mass is 35.5. The Kier molecular flexibility index (Phi) is 6.51. The minimum Gasteiger partial charge on any atom is -0.351 e. The van der Waals surface area contributed by atoms with E-state index >= 15 is 0 Å². The first kappa shape index (κ1) is 24.2. The summed E-state index contributed by atoms with van der Waals surface area (Å²) in [6, 6.07) is 15.3. The standard InChI is InChI=1S/C29H29ClN4O2S/c1-33-15-13-22-23(9-5-10-24(22)33)27(35)31-17-21-8-2-3-14-34(21)29(36)25-26(19-6-4-7-20(30)16-19)37-28(32-25)18-11-12-18/h4-7,9-10,13,15-16,18,21H,2-3,8,11-12,14,17H2,1H3,(H,31,35)/t21-/m0/s1. The van der Waals surface area contributed by atoms with Gasteiger partial charge in [0, 0.05) is 59.8 Å². The number of carbonyl (C=O) groups excluding carboxylic acids is 2. The van der Waals surface area contributed by atoms with E-state index < -0.39 is 0 Å². The van der Waals surface area contributed by atoms with Gasteiger partial charge >= 0.3 is 0 Å². The van der Waals surface area contributed by atoms with Gasteiger partial charge in [-0.3, -0.25) is 9.59 Å². The van der Waals surface area contributed by atoms with Crippen LogP contribution < -0.4 is 5.32 Å². The van der Waals surface area contributed by atoms with Crippen LogP contribution in [0.4, 0.5) is 0 Å². The second-order valence-electron chi connectivity index (χ2n) is 10.0. The number of hydrogen-bond donors (Lipinski definition) is 1. The summed E-state index contributed by atoms with van der Waals surface area (Å²) in [6.45, 7) is 1.08. The van der Waals surface area contributed by atoms with Crippen LogP contribution in [-0.2, 0) is 7.05 Å². The zero-order valence-electron chi connectivity index (χ0n) is 20.7. The Labute approximate surface area is 225 Å². The minimum atomic E-state index is -0.112. The lowest BCUT2D eigenvalue weighted by Gasteiger charge is -2.35. The van der Waals surface area contributed by atoms with Gasteiger partial charge in [0.25, 0.3) is 11.8 Å². The van der Waals surface area contributed by atoms with Crippen LogP contribution in [0.15, 0.2) is 54.7 Å². The first-order valence-corrected chi connectivity index (χ1v) is 14.1. The number of halogens is 1. The third kappa shape index (κ3) is 4.78. The molecule has 2 aromatic heterocycles. The molecule has 1 atom stereocenters. The van der Waals surface area contributed by atoms with E-state index in [0.29, 0.717) is 35.3 Å². The summed E-state index contributed by atoms with van der Waals surface area (Å²) in [5.74, 6) is 0.294. The quantitative estimate of drug-likeness (QED) is 0.319. The first-order valence-electron chi connectivity index (χ1n) is 12.9. The maximum Gasteiger partial charge on any atom is 0.274 e. The molecule has 1 saturated heterocycles. The zero-order valence-corrected chi connectivity index (χ0v) is 22.3. The molecule has 190 valence electrons. The molecule has 4 aromatic rings. The molecule has 6 nitrogen and oxygen atoms in total. The Morgan fingerprint density at radius 1 is 1.11 bits per heavy atom. The van der Waals surface area contributed by atoms with E-state index in [-0.39, 0.29) is 17.9 Å². The number of rotatable bonds is 6. The molecule has 1 N–H and O–H groups in total. The number of thiazole rings is 1. The molecule has 0 unspecified atom stereocenters. The maximum atomic E-state index is 14.0. The summed E-state index contributed by atoms with van der Waals surface area (Å²) >= 11 is 7.90. The average molecular weight is 533 g/mol. The number of hydrogen-bond acceptors (Lipinski definition) is 4. The molecule has 0 bridgehead atoms. The van der Waals surface area contributed by atoms with Crippen molar-refractivity contribution in [3.63, 3.8) is 0 Å². The van der Waals surface area contributed by atoms with E-state index in [9.17, 15) is 9.59 Å². The summed E-state index contributed by atoms with van der Waals surface area (Å²) < 4.78 is 2.01. The highest BCUT2D eigenvalue weighted by Crippen LogP contribution is 2.45. The van der Waals surface area contributed by atoms with Crippen LogP contribution in [0.3, 0.4) is 0 Å². The van der Waals surface area contributed by atoms with Gasteiger partial charge in [0.2, 0.25) is 0 Å².